The molecule has 0 aliphatic rings. The number of phenolic OH excluding ortho intramolecular Hbond substituents is 1. The van der Waals surface area contributed by atoms with Gasteiger partial charge in [0, 0.05) is 11.8 Å². The number of rotatable bonds is 3. The van der Waals surface area contributed by atoms with Crippen LogP contribution in [-0.4, -0.2) is 15.9 Å². The highest BCUT2D eigenvalue weighted by Crippen LogP contribution is 2.31. The molecule has 2 rings (SSSR count). The molecule has 0 amide bonds. The summed E-state index contributed by atoms with van der Waals surface area (Å²) in [7, 11) is 0. The fourth-order valence-electron chi connectivity index (χ4n) is 2.03. The van der Waals surface area contributed by atoms with Crippen LogP contribution in [0.2, 0.25) is 0 Å². The summed E-state index contributed by atoms with van der Waals surface area (Å²) in [4.78, 5) is 16.0. The number of nitrogens with zero attached hydrogens (tertiary/aromatic N) is 1. The minimum atomic E-state index is -0.508. The van der Waals surface area contributed by atoms with E-state index in [2.05, 4.69) is 4.98 Å². The molecule has 1 unspecified atom stereocenters. The van der Waals surface area contributed by atoms with Crippen molar-refractivity contribution in [2.45, 2.75) is 19.8 Å². The Kier molecular flexibility index (Phi) is 3.42. The van der Waals surface area contributed by atoms with E-state index in [0.29, 0.717) is 11.3 Å². The van der Waals surface area contributed by atoms with E-state index in [-0.39, 0.29) is 11.5 Å². The van der Waals surface area contributed by atoms with Gasteiger partial charge in [-0.1, -0.05) is 18.2 Å². The van der Waals surface area contributed by atoms with Crippen molar-refractivity contribution in [3.05, 3.63) is 59.4 Å². The van der Waals surface area contributed by atoms with Gasteiger partial charge < -0.3 is 5.11 Å². The summed E-state index contributed by atoms with van der Waals surface area (Å²) in [6.45, 7) is 3.41. The zero-order valence-corrected chi connectivity index (χ0v) is 10.4. The van der Waals surface area contributed by atoms with E-state index < -0.39 is 5.92 Å². The highest BCUT2D eigenvalue weighted by Gasteiger charge is 2.23. The molecular weight excluding hydrogens is 226 g/mol. The van der Waals surface area contributed by atoms with Crippen LogP contribution in [0.15, 0.2) is 42.6 Å². The molecule has 0 radical (unpaired) electrons. The zero-order valence-electron chi connectivity index (χ0n) is 10.4. The van der Waals surface area contributed by atoms with Crippen LogP contribution in [0.1, 0.15) is 29.7 Å². The van der Waals surface area contributed by atoms with E-state index in [4.69, 9.17) is 0 Å². The number of carbonyl (C=O) groups is 1. The lowest BCUT2D eigenvalue weighted by Gasteiger charge is -2.15. The Labute approximate surface area is 106 Å². The third-order valence-electron chi connectivity index (χ3n) is 2.89. The van der Waals surface area contributed by atoms with Crippen LogP contribution in [0.5, 0.6) is 5.75 Å². The van der Waals surface area contributed by atoms with Crippen molar-refractivity contribution in [2.75, 3.05) is 0 Å². The maximum absolute atomic E-state index is 11.8. The molecule has 0 aliphatic heterocycles. The van der Waals surface area contributed by atoms with Gasteiger partial charge in [-0.2, -0.15) is 0 Å². The third-order valence-corrected chi connectivity index (χ3v) is 2.89. The van der Waals surface area contributed by atoms with Gasteiger partial charge in [0.2, 0.25) is 0 Å². The van der Waals surface area contributed by atoms with Gasteiger partial charge in [0.1, 0.15) is 11.5 Å². The van der Waals surface area contributed by atoms with Crippen LogP contribution in [0.25, 0.3) is 0 Å². The number of pyridine rings is 1. The zero-order chi connectivity index (χ0) is 13.1. The van der Waals surface area contributed by atoms with E-state index >= 15 is 0 Å². The second-order valence-electron chi connectivity index (χ2n) is 4.36. The van der Waals surface area contributed by atoms with Gasteiger partial charge in [-0.3, -0.25) is 9.78 Å². The average molecular weight is 241 g/mol. The third kappa shape index (κ3) is 2.40. The monoisotopic (exact) mass is 241 g/mol. The van der Waals surface area contributed by atoms with Gasteiger partial charge in [-0.05, 0) is 37.6 Å². The van der Waals surface area contributed by atoms with Crippen molar-refractivity contribution in [1.29, 1.82) is 0 Å². The molecule has 3 nitrogen and oxygen atoms in total. The predicted octanol–water partition coefficient (Wildman–Crippen LogP) is 2.82. The topological polar surface area (TPSA) is 50.2 Å². The molecule has 0 spiro atoms. The normalized spacial score (nSPS) is 12.1. The van der Waals surface area contributed by atoms with Gasteiger partial charge in [-0.25, -0.2) is 0 Å². The van der Waals surface area contributed by atoms with Crippen LogP contribution in [0.4, 0.5) is 0 Å². The first-order valence-electron chi connectivity index (χ1n) is 5.80. The summed E-state index contributed by atoms with van der Waals surface area (Å²) in [6, 6.07) is 10.8. The molecule has 0 aliphatic carbocycles. The van der Waals surface area contributed by atoms with E-state index in [9.17, 15) is 9.90 Å². The molecule has 2 aromatic rings. The number of aryl methyl sites for hydroxylation is 1. The standard InChI is InChI=1S/C15H15NO2/c1-10-6-7-12(14(18)9-10)15(11(2)17)13-5-3-4-8-16-13/h3-9,15,18H,1-2H3. The first-order chi connectivity index (χ1) is 8.59. The molecule has 0 saturated heterocycles. The lowest BCUT2D eigenvalue weighted by Crippen LogP contribution is -2.12. The maximum atomic E-state index is 11.8. The number of phenols is 1. The highest BCUT2D eigenvalue weighted by molar-refractivity contribution is 5.87. The Balaban J connectivity index is 2.52. The van der Waals surface area contributed by atoms with Gasteiger partial charge in [-0.15, -0.1) is 0 Å². The highest BCUT2D eigenvalue weighted by atomic mass is 16.3. The Bertz CT molecular complexity index is 564. The molecule has 0 fully saturated rings. The van der Waals surface area contributed by atoms with Gasteiger partial charge in [0.25, 0.3) is 0 Å². The predicted molar refractivity (Wildman–Crippen MR) is 69.6 cm³/mol. The second kappa shape index (κ2) is 5.00. The van der Waals surface area contributed by atoms with Crippen molar-refractivity contribution >= 4 is 5.78 Å². The SMILES string of the molecule is CC(=O)C(c1ccccn1)c1ccc(C)cc1O. The second-order valence-corrected chi connectivity index (χ2v) is 4.36. The largest absolute Gasteiger partial charge is 0.508 e. The molecule has 18 heavy (non-hydrogen) atoms. The quantitative estimate of drug-likeness (QED) is 0.899. The van der Waals surface area contributed by atoms with Crippen LogP contribution < -0.4 is 0 Å². The molecule has 1 aromatic heterocycles. The molecule has 1 N–H and O–H groups in total. The number of hydrogen-bond donors (Lipinski definition) is 1. The van der Waals surface area contributed by atoms with E-state index in [1.54, 1.807) is 30.5 Å². The molecule has 3 heteroatoms. The number of benzene rings is 1. The van der Waals surface area contributed by atoms with Crippen molar-refractivity contribution < 1.29 is 9.90 Å². The number of hydrogen-bond acceptors (Lipinski definition) is 3. The Morgan fingerprint density at radius 1 is 1.28 bits per heavy atom. The van der Waals surface area contributed by atoms with Crippen LogP contribution in [-0.2, 0) is 4.79 Å². The summed E-state index contributed by atoms with van der Waals surface area (Å²) in [5, 5.41) is 9.99. The van der Waals surface area contributed by atoms with Crippen molar-refractivity contribution in [3.8, 4) is 5.75 Å². The fourth-order valence-corrected chi connectivity index (χ4v) is 2.03. The van der Waals surface area contributed by atoms with E-state index in [1.165, 1.54) is 6.92 Å². The first kappa shape index (κ1) is 12.3. The Hall–Kier alpha value is -2.16. The van der Waals surface area contributed by atoms with Gasteiger partial charge in [0.15, 0.2) is 0 Å². The molecule has 92 valence electrons. The molecular formula is C15H15NO2. The minimum Gasteiger partial charge on any atom is -0.508 e. The van der Waals surface area contributed by atoms with Gasteiger partial charge in [0.05, 0.1) is 11.6 Å². The summed E-state index contributed by atoms with van der Waals surface area (Å²) < 4.78 is 0. The summed E-state index contributed by atoms with van der Waals surface area (Å²) in [6.07, 6.45) is 1.65. The molecule has 1 heterocycles. The van der Waals surface area contributed by atoms with Crippen LogP contribution in [0.3, 0.4) is 0 Å². The summed E-state index contributed by atoms with van der Waals surface area (Å²) >= 11 is 0. The average Bonchev–Trinajstić information content (AvgIpc) is 2.33. The van der Waals surface area contributed by atoms with E-state index in [1.807, 2.05) is 19.1 Å². The molecule has 0 bridgehead atoms. The number of aromatic hydroxyl groups is 1. The first-order valence-corrected chi connectivity index (χ1v) is 5.80. The number of aromatic nitrogens is 1. The summed E-state index contributed by atoms with van der Waals surface area (Å²) in [5.41, 5.74) is 2.22. The van der Waals surface area contributed by atoms with E-state index in [0.717, 1.165) is 5.56 Å². The fraction of sp³-hybridized carbons (Fsp3) is 0.200. The number of ketones is 1. The number of Topliss-reactive ketones (excluding diaryl/α,β-unsaturated/α-hetero) is 1. The molecule has 1 aromatic carbocycles. The van der Waals surface area contributed by atoms with Crippen molar-refractivity contribution in [2.24, 2.45) is 0 Å². The number of carbonyl (C=O) groups excluding carboxylic acids is 1. The smallest absolute Gasteiger partial charge is 0.143 e. The Morgan fingerprint density at radius 3 is 2.61 bits per heavy atom. The lowest BCUT2D eigenvalue weighted by molar-refractivity contribution is -0.117. The van der Waals surface area contributed by atoms with Crippen LogP contribution in [0, 0.1) is 6.92 Å². The summed E-state index contributed by atoms with van der Waals surface area (Å²) in [5.74, 6) is -0.402. The van der Waals surface area contributed by atoms with Crippen LogP contribution >= 0.6 is 0 Å². The Morgan fingerprint density at radius 2 is 2.06 bits per heavy atom. The van der Waals surface area contributed by atoms with Crippen molar-refractivity contribution in [3.63, 3.8) is 0 Å². The molecule has 0 saturated carbocycles. The lowest BCUT2D eigenvalue weighted by atomic mass is 9.90. The molecule has 1 atom stereocenters. The maximum Gasteiger partial charge on any atom is 0.143 e. The van der Waals surface area contributed by atoms with Gasteiger partial charge >= 0.3 is 0 Å². The minimum absolute atomic E-state index is 0.0344. The van der Waals surface area contributed by atoms with Crippen molar-refractivity contribution in [1.82, 2.24) is 4.98 Å².